The van der Waals surface area contributed by atoms with Crippen molar-refractivity contribution in [2.24, 2.45) is 5.92 Å². The first-order chi connectivity index (χ1) is 8.00. The van der Waals surface area contributed by atoms with Gasteiger partial charge in [-0.15, -0.1) is 11.6 Å². The van der Waals surface area contributed by atoms with Gasteiger partial charge in [-0.05, 0) is 46.0 Å². The maximum Gasteiger partial charge on any atom is 0.307 e. The predicted octanol–water partition coefficient (Wildman–Crippen LogP) is 2.72. The number of likely N-dealkylation sites (tertiary alicyclic amines) is 1. The maximum atomic E-state index is 11.0. The molecule has 1 aliphatic heterocycles. The lowest BCUT2D eigenvalue weighted by Gasteiger charge is -2.40. The number of halogens is 1. The van der Waals surface area contributed by atoms with Gasteiger partial charge in [0.05, 0.1) is 5.92 Å². The lowest BCUT2D eigenvalue weighted by Crippen LogP contribution is -2.47. The summed E-state index contributed by atoms with van der Waals surface area (Å²) in [7, 11) is 0. The third-order valence-electron chi connectivity index (χ3n) is 4.50. The van der Waals surface area contributed by atoms with Crippen molar-refractivity contribution in [1.29, 1.82) is 0 Å². The van der Waals surface area contributed by atoms with Gasteiger partial charge >= 0.3 is 5.97 Å². The lowest BCUT2D eigenvalue weighted by molar-refractivity contribution is -0.143. The molecule has 0 aromatic heterocycles. The second-order valence-corrected chi connectivity index (χ2v) is 6.21. The topological polar surface area (TPSA) is 40.5 Å². The number of hydrogen-bond donors (Lipinski definition) is 1. The van der Waals surface area contributed by atoms with Crippen LogP contribution in [-0.2, 0) is 4.79 Å². The molecule has 1 N–H and O–H groups in total. The largest absolute Gasteiger partial charge is 0.481 e. The van der Waals surface area contributed by atoms with Crippen molar-refractivity contribution in [1.82, 2.24) is 4.90 Å². The van der Waals surface area contributed by atoms with E-state index in [1.54, 1.807) is 0 Å². The van der Waals surface area contributed by atoms with Gasteiger partial charge in [0, 0.05) is 23.5 Å². The van der Waals surface area contributed by atoms with Gasteiger partial charge in [0.1, 0.15) is 0 Å². The van der Waals surface area contributed by atoms with E-state index in [9.17, 15) is 4.79 Å². The van der Waals surface area contributed by atoms with Crippen molar-refractivity contribution in [2.45, 2.75) is 69.5 Å². The van der Waals surface area contributed by atoms with E-state index in [1.807, 2.05) is 0 Å². The van der Waals surface area contributed by atoms with Crippen molar-refractivity contribution >= 4 is 17.6 Å². The molecule has 0 aromatic carbocycles. The molecule has 2 rings (SSSR count). The summed E-state index contributed by atoms with van der Waals surface area (Å²) in [6.07, 6.45) is 5.05. The van der Waals surface area contributed by atoms with Crippen LogP contribution < -0.4 is 0 Å². The molecule has 4 heteroatoms. The van der Waals surface area contributed by atoms with E-state index in [0.717, 1.165) is 19.3 Å². The second kappa shape index (κ2) is 5.15. The van der Waals surface area contributed by atoms with E-state index in [-0.39, 0.29) is 11.3 Å². The van der Waals surface area contributed by atoms with Crippen LogP contribution in [0.25, 0.3) is 0 Å². The fourth-order valence-electron chi connectivity index (χ4n) is 3.58. The summed E-state index contributed by atoms with van der Waals surface area (Å²) in [5.41, 5.74) is 0. The minimum Gasteiger partial charge on any atom is -0.481 e. The number of carbonyl (C=O) groups is 1. The smallest absolute Gasteiger partial charge is 0.307 e. The van der Waals surface area contributed by atoms with Crippen LogP contribution in [0.2, 0.25) is 0 Å². The minimum atomic E-state index is -0.731. The number of aliphatic carboxylic acids is 1. The Morgan fingerprint density at radius 1 is 1.18 bits per heavy atom. The molecule has 5 unspecified atom stereocenters. The molecule has 0 radical (unpaired) electrons. The van der Waals surface area contributed by atoms with Crippen LogP contribution >= 0.6 is 11.6 Å². The SMILES string of the molecule is CC1CCC(C)N1C1CCC(C(=O)O)C(Cl)C1. The lowest BCUT2D eigenvalue weighted by atomic mass is 9.84. The number of nitrogens with zero attached hydrogens (tertiary/aromatic N) is 1. The first-order valence-electron chi connectivity index (χ1n) is 6.65. The number of hydrogen-bond acceptors (Lipinski definition) is 2. The Bertz CT molecular complexity index is 287. The molecule has 1 saturated carbocycles. The summed E-state index contributed by atoms with van der Waals surface area (Å²) in [4.78, 5) is 13.6. The fraction of sp³-hybridized carbons (Fsp3) is 0.923. The highest BCUT2D eigenvalue weighted by Crippen LogP contribution is 2.36. The molecule has 2 fully saturated rings. The fourth-order valence-corrected chi connectivity index (χ4v) is 4.02. The van der Waals surface area contributed by atoms with Gasteiger partial charge in [-0.1, -0.05) is 0 Å². The maximum absolute atomic E-state index is 11.0. The standard InChI is InChI=1S/C13H22ClNO2/c1-8-3-4-9(2)15(8)10-5-6-11(13(16)17)12(14)7-10/h8-12H,3-7H2,1-2H3,(H,16,17). The molecule has 5 atom stereocenters. The van der Waals surface area contributed by atoms with Crippen molar-refractivity contribution in [3.8, 4) is 0 Å². The summed E-state index contributed by atoms with van der Waals surface area (Å²) in [6, 6.07) is 1.74. The summed E-state index contributed by atoms with van der Waals surface area (Å²) in [5.74, 6) is -1.08. The molecular weight excluding hydrogens is 238 g/mol. The summed E-state index contributed by atoms with van der Waals surface area (Å²) in [5, 5.41) is 8.86. The molecule has 0 amide bonds. The Morgan fingerprint density at radius 3 is 2.24 bits per heavy atom. The quantitative estimate of drug-likeness (QED) is 0.776. The molecule has 0 bridgehead atoms. The predicted molar refractivity (Wildman–Crippen MR) is 68.4 cm³/mol. The van der Waals surface area contributed by atoms with Gasteiger partial charge in [0.2, 0.25) is 0 Å². The Hall–Kier alpha value is -0.280. The average molecular weight is 260 g/mol. The van der Waals surface area contributed by atoms with E-state index in [0.29, 0.717) is 18.1 Å². The molecule has 2 aliphatic rings. The van der Waals surface area contributed by atoms with Crippen molar-refractivity contribution in [3.63, 3.8) is 0 Å². The van der Waals surface area contributed by atoms with E-state index >= 15 is 0 Å². The molecule has 0 aromatic rings. The van der Waals surface area contributed by atoms with Gasteiger partial charge < -0.3 is 5.11 Å². The first-order valence-corrected chi connectivity index (χ1v) is 7.08. The average Bonchev–Trinajstić information content (AvgIpc) is 2.58. The van der Waals surface area contributed by atoms with E-state index in [1.165, 1.54) is 12.8 Å². The summed E-state index contributed by atoms with van der Waals surface area (Å²) >= 11 is 6.24. The summed E-state index contributed by atoms with van der Waals surface area (Å²) in [6.45, 7) is 4.55. The van der Waals surface area contributed by atoms with Crippen LogP contribution in [0.5, 0.6) is 0 Å². The first kappa shape index (κ1) is 13.2. The molecule has 3 nitrogen and oxygen atoms in total. The van der Waals surface area contributed by atoms with Gasteiger partial charge in [0.15, 0.2) is 0 Å². The van der Waals surface area contributed by atoms with E-state index < -0.39 is 5.97 Å². The third kappa shape index (κ3) is 2.60. The van der Waals surface area contributed by atoms with Crippen molar-refractivity contribution in [3.05, 3.63) is 0 Å². The number of rotatable bonds is 2. The Balaban J connectivity index is 1.99. The Morgan fingerprint density at radius 2 is 1.76 bits per heavy atom. The molecule has 1 saturated heterocycles. The zero-order valence-corrected chi connectivity index (χ0v) is 11.4. The van der Waals surface area contributed by atoms with Gasteiger partial charge in [-0.25, -0.2) is 0 Å². The third-order valence-corrected chi connectivity index (χ3v) is 4.99. The zero-order chi connectivity index (χ0) is 12.6. The Kier molecular flexibility index (Phi) is 3.99. The molecule has 0 spiro atoms. The number of carboxylic acids is 1. The molecule has 17 heavy (non-hydrogen) atoms. The summed E-state index contributed by atoms with van der Waals surface area (Å²) < 4.78 is 0. The van der Waals surface area contributed by atoms with Crippen LogP contribution in [0, 0.1) is 5.92 Å². The molecule has 1 heterocycles. The zero-order valence-electron chi connectivity index (χ0n) is 10.6. The van der Waals surface area contributed by atoms with Gasteiger partial charge in [-0.3, -0.25) is 9.69 Å². The normalized spacial score (nSPS) is 43.8. The van der Waals surface area contributed by atoms with Crippen LogP contribution in [0.4, 0.5) is 0 Å². The number of carboxylic acid groups (broad SMARTS) is 1. The minimum absolute atomic E-state index is 0.203. The molecular formula is C13H22ClNO2. The molecule has 98 valence electrons. The highest BCUT2D eigenvalue weighted by atomic mass is 35.5. The van der Waals surface area contributed by atoms with Gasteiger partial charge in [0.25, 0.3) is 0 Å². The van der Waals surface area contributed by atoms with Crippen LogP contribution in [0.15, 0.2) is 0 Å². The second-order valence-electron chi connectivity index (χ2n) is 5.65. The van der Waals surface area contributed by atoms with Crippen molar-refractivity contribution in [2.75, 3.05) is 0 Å². The molecule has 1 aliphatic carbocycles. The van der Waals surface area contributed by atoms with Crippen LogP contribution in [-0.4, -0.2) is 39.5 Å². The highest BCUT2D eigenvalue weighted by Gasteiger charge is 2.40. The van der Waals surface area contributed by atoms with Crippen LogP contribution in [0.3, 0.4) is 0 Å². The Labute approximate surface area is 108 Å². The van der Waals surface area contributed by atoms with Gasteiger partial charge in [-0.2, -0.15) is 0 Å². The highest BCUT2D eigenvalue weighted by molar-refractivity contribution is 6.22. The van der Waals surface area contributed by atoms with Crippen molar-refractivity contribution < 1.29 is 9.90 Å². The van der Waals surface area contributed by atoms with E-state index in [2.05, 4.69) is 18.7 Å². The number of alkyl halides is 1. The monoisotopic (exact) mass is 259 g/mol. The van der Waals surface area contributed by atoms with E-state index in [4.69, 9.17) is 16.7 Å². The van der Waals surface area contributed by atoms with Crippen LogP contribution in [0.1, 0.15) is 46.0 Å².